The van der Waals surface area contributed by atoms with Crippen molar-refractivity contribution < 1.29 is 19.0 Å². The molecule has 0 spiro atoms. The van der Waals surface area contributed by atoms with Crippen molar-refractivity contribution >= 4 is 5.91 Å². The summed E-state index contributed by atoms with van der Waals surface area (Å²) in [6.45, 7) is 2.04. The molecule has 0 saturated carbocycles. The van der Waals surface area contributed by atoms with Crippen LogP contribution in [0.15, 0.2) is 48.5 Å². The Bertz CT molecular complexity index is 756. The molecule has 0 aromatic heterocycles. The molecule has 2 aliphatic rings. The largest absolute Gasteiger partial charge is 0.454 e. The summed E-state index contributed by atoms with van der Waals surface area (Å²) in [6.07, 6.45) is 2.24. The number of para-hydroxylation sites is 1. The van der Waals surface area contributed by atoms with E-state index in [1.54, 1.807) is 0 Å². The minimum absolute atomic E-state index is 0.0648. The maximum atomic E-state index is 13.0. The normalized spacial score (nSPS) is 18.1. The van der Waals surface area contributed by atoms with Gasteiger partial charge in [0.15, 0.2) is 11.5 Å². The fourth-order valence-electron chi connectivity index (χ4n) is 3.47. The Balaban J connectivity index is 1.52. The maximum absolute atomic E-state index is 13.0. The highest BCUT2D eigenvalue weighted by molar-refractivity contribution is 5.81. The van der Waals surface area contributed by atoms with Gasteiger partial charge in [-0.15, -0.1) is 0 Å². The first-order chi connectivity index (χ1) is 12.8. The molecule has 0 aliphatic carbocycles. The molecule has 1 atom stereocenters. The summed E-state index contributed by atoms with van der Waals surface area (Å²) in [5, 5.41) is 0. The summed E-state index contributed by atoms with van der Waals surface area (Å²) < 4.78 is 16.7. The zero-order valence-electron chi connectivity index (χ0n) is 14.7. The summed E-state index contributed by atoms with van der Waals surface area (Å²) >= 11 is 0. The van der Waals surface area contributed by atoms with Gasteiger partial charge in [-0.2, -0.15) is 0 Å². The average Bonchev–Trinajstić information content (AvgIpc) is 3.37. The van der Waals surface area contributed by atoms with E-state index < -0.39 is 0 Å². The van der Waals surface area contributed by atoms with E-state index in [2.05, 4.69) is 12.1 Å². The zero-order chi connectivity index (χ0) is 17.8. The predicted octanol–water partition coefficient (Wildman–Crippen LogP) is 3.17. The summed E-state index contributed by atoms with van der Waals surface area (Å²) in [4.78, 5) is 14.9. The lowest BCUT2D eigenvalue weighted by atomic mass is 10.1. The molecule has 0 N–H and O–H groups in total. The summed E-state index contributed by atoms with van der Waals surface area (Å²) in [7, 11) is 0. The van der Waals surface area contributed by atoms with Crippen LogP contribution in [0, 0.1) is 0 Å². The lowest BCUT2D eigenvalue weighted by molar-refractivity contribution is -0.141. The van der Waals surface area contributed by atoms with Crippen molar-refractivity contribution in [1.29, 1.82) is 0 Å². The number of benzene rings is 2. The van der Waals surface area contributed by atoms with Gasteiger partial charge in [-0.25, -0.2) is 0 Å². The van der Waals surface area contributed by atoms with Gasteiger partial charge in [0.1, 0.15) is 6.10 Å². The molecule has 1 saturated heterocycles. The molecule has 5 nitrogen and oxygen atoms in total. The van der Waals surface area contributed by atoms with Crippen LogP contribution in [0.25, 0.3) is 0 Å². The second-order valence-corrected chi connectivity index (χ2v) is 6.65. The van der Waals surface area contributed by atoms with Crippen molar-refractivity contribution in [2.24, 2.45) is 0 Å². The van der Waals surface area contributed by atoms with E-state index in [4.69, 9.17) is 14.2 Å². The number of hydrogen-bond donors (Lipinski definition) is 0. The number of amides is 1. The molecular weight excluding hydrogens is 330 g/mol. The average molecular weight is 353 g/mol. The van der Waals surface area contributed by atoms with E-state index in [0.29, 0.717) is 19.7 Å². The molecule has 1 amide bonds. The molecule has 0 radical (unpaired) electrons. The highest BCUT2D eigenvalue weighted by Crippen LogP contribution is 2.36. The highest BCUT2D eigenvalue weighted by atomic mass is 16.7. The van der Waals surface area contributed by atoms with Gasteiger partial charge >= 0.3 is 0 Å². The van der Waals surface area contributed by atoms with Crippen LogP contribution in [-0.4, -0.2) is 36.9 Å². The second-order valence-electron chi connectivity index (χ2n) is 6.65. The molecule has 2 aromatic rings. The standard InChI is InChI=1S/C21H23NO4/c23-21(19-10-5-13-24-19)22(12-11-16-6-2-1-3-7-16)14-17-8-4-9-18-20(17)26-15-25-18/h1-4,6-9,19H,5,10-15H2/t19-/m0/s1. The van der Waals surface area contributed by atoms with Gasteiger partial charge in [-0.05, 0) is 30.9 Å². The van der Waals surface area contributed by atoms with Crippen molar-refractivity contribution in [3.8, 4) is 11.5 Å². The SMILES string of the molecule is O=C([C@@H]1CCCO1)N(CCc1ccccc1)Cc1cccc2c1OCO2. The number of rotatable bonds is 6. The van der Waals surface area contributed by atoms with Gasteiger partial charge in [0.05, 0.1) is 0 Å². The molecule has 2 aromatic carbocycles. The van der Waals surface area contributed by atoms with Crippen LogP contribution in [0.3, 0.4) is 0 Å². The number of ether oxygens (including phenoxy) is 3. The molecule has 26 heavy (non-hydrogen) atoms. The topological polar surface area (TPSA) is 48.0 Å². The first kappa shape index (κ1) is 16.9. The number of carbonyl (C=O) groups excluding carboxylic acids is 1. The monoisotopic (exact) mass is 353 g/mol. The molecule has 1 fully saturated rings. The molecule has 2 heterocycles. The van der Waals surface area contributed by atoms with E-state index in [1.165, 1.54) is 5.56 Å². The van der Waals surface area contributed by atoms with Crippen molar-refractivity contribution in [1.82, 2.24) is 4.90 Å². The minimum atomic E-state index is -0.320. The van der Waals surface area contributed by atoms with Crippen LogP contribution in [0.4, 0.5) is 0 Å². The third-order valence-corrected chi connectivity index (χ3v) is 4.87. The fourth-order valence-corrected chi connectivity index (χ4v) is 3.47. The number of hydrogen-bond acceptors (Lipinski definition) is 4. The second kappa shape index (κ2) is 7.79. The van der Waals surface area contributed by atoms with Gasteiger partial charge in [0, 0.05) is 25.3 Å². The molecule has 0 unspecified atom stereocenters. The van der Waals surface area contributed by atoms with Gasteiger partial charge < -0.3 is 19.1 Å². The lowest BCUT2D eigenvalue weighted by Gasteiger charge is -2.26. The van der Waals surface area contributed by atoms with Gasteiger partial charge in [-0.1, -0.05) is 42.5 Å². The third kappa shape index (κ3) is 3.68. The Hall–Kier alpha value is -2.53. The van der Waals surface area contributed by atoms with Crippen LogP contribution in [0.1, 0.15) is 24.0 Å². The molecule has 0 bridgehead atoms. The lowest BCUT2D eigenvalue weighted by Crippen LogP contribution is -2.39. The van der Waals surface area contributed by atoms with Crippen molar-refractivity contribution in [3.05, 3.63) is 59.7 Å². The highest BCUT2D eigenvalue weighted by Gasteiger charge is 2.29. The zero-order valence-corrected chi connectivity index (χ0v) is 14.7. The Morgan fingerprint density at radius 3 is 2.77 bits per heavy atom. The number of carbonyl (C=O) groups is 1. The minimum Gasteiger partial charge on any atom is -0.454 e. The van der Waals surface area contributed by atoms with Crippen LogP contribution < -0.4 is 9.47 Å². The van der Waals surface area contributed by atoms with Crippen LogP contribution in [0.2, 0.25) is 0 Å². The molecular formula is C21H23NO4. The van der Waals surface area contributed by atoms with Crippen molar-refractivity contribution in [2.75, 3.05) is 19.9 Å². The van der Waals surface area contributed by atoms with E-state index >= 15 is 0 Å². The number of nitrogens with zero attached hydrogens (tertiary/aromatic N) is 1. The summed E-state index contributed by atoms with van der Waals surface area (Å²) in [5.74, 6) is 1.56. The maximum Gasteiger partial charge on any atom is 0.252 e. The first-order valence-corrected chi connectivity index (χ1v) is 9.13. The quantitative estimate of drug-likeness (QED) is 0.800. The van der Waals surface area contributed by atoms with Crippen LogP contribution >= 0.6 is 0 Å². The first-order valence-electron chi connectivity index (χ1n) is 9.13. The van der Waals surface area contributed by atoms with E-state index in [1.807, 2.05) is 41.3 Å². The van der Waals surface area contributed by atoms with Crippen LogP contribution in [-0.2, 0) is 22.5 Å². The van der Waals surface area contributed by atoms with Crippen molar-refractivity contribution in [3.63, 3.8) is 0 Å². The predicted molar refractivity (Wildman–Crippen MR) is 97.1 cm³/mol. The third-order valence-electron chi connectivity index (χ3n) is 4.87. The van der Waals surface area contributed by atoms with Crippen LogP contribution in [0.5, 0.6) is 11.5 Å². The van der Waals surface area contributed by atoms with E-state index in [0.717, 1.165) is 36.3 Å². The summed E-state index contributed by atoms with van der Waals surface area (Å²) in [5.41, 5.74) is 2.19. The molecule has 2 aliphatic heterocycles. The Morgan fingerprint density at radius 1 is 1.08 bits per heavy atom. The van der Waals surface area contributed by atoms with Gasteiger partial charge in [-0.3, -0.25) is 4.79 Å². The fraction of sp³-hybridized carbons (Fsp3) is 0.381. The molecule has 5 heteroatoms. The van der Waals surface area contributed by atoms with Gasteiger partial charge in [0.2, 0.25) is 6.79 Å². The molecule has 136 valence electrons. The van der Waals surface area contributed by atoms with Crippen molar-refractivity contribution in [2.45, 2.75) is 31.9 Å². The molecule has 4 rings (SSSR count). The number of fused-ring (bicyclic) bond motifs is 1. The Morgan fingerprint density at radius 2 is 1.96 bits per heavy atom. The van der Waals surface area contributed by atoms with Gasteiger partial charge in [0.25, 0.3) is 5.91 Å². The smallest absolute Gasteiger partial charge is 0.252 e. The summed E-state index contributed by atoms with van der Waals surface area (Å²) in [6, 6.07) is 16.1. The Kier molecular flexibility index (Phi) is 5.07. The Labute approximate surface area is 153 Å². The van der Waals surface area contributed by atoms with E-state index in [-0.39, 0.29) is 18.8 Å². The van der Waals surface area contributed by atoms with E-state index in [9.17, 15) is 4.79 Å².